The number of hydrogen-bond donors (Lipinski definition) is 1. The van der Waals surface area contributed by atoms with Gasteiger partial charge in [-0.05, 0) is 36.4 Å². The van der Waals surface area contributed by atoms with E-state index in [0.29, 0.717) is 56.5 Å². The fraction of sp³-hybridized carbons (Fsp3) is 0.417. The molecule has 2 aliphatic heterocycles. The quantitative estimate of drug-likeness (QED) is 0.602. The maximum absolute atomic E-state index is 12.7. The molecule has 2 amide bonds. The Morgan fingerprint density at radius 1 is 1.03 bits per heavy atom. The number of piperazine rings is 1. The summed E-state index contributed by atoms with van der Waals surface area (Å²) in [5.41, 5.74) is 0.754. The summed E-state index contributed by atoms with van der Waals surface area (Å²) < 4.78 is 32.1. The Balaban J connectivity index is 1.21. The number of carbonyl (C=O) groups is 2. The lowest BCUT2D eigenvalue weighted by Gasteiger charge is -2.34. The van der Waals surface area contributed by atoms with Gasteiger partial charge in [0.1, 0.15) is 5.75 Å². The molecule has 182 valence electrons. The molecule has 4 rings (SSSR count). The predicted molar refractivity (Wildman–Crippen MR) is 128 cm³/mol. The van der Waals surface area contributed by atoms with Crippen molar-refractivity contribution >= 4 is 27.5 Å². The highest BCUT2D eigenvalue weighted by molar-refractivity contribution is 7.89. The lowest BCUT2D eigenvalue weighted by molar-refractivity contribution is -0.126. The first kappa shape index (κ1) is 24.2. The van der Waals surface area contributed by atoms with Crippen molar-refractivity contribution in [3.8, 4) is 5.75 Å². The zero-order valence-electron chi connectivity index (χ0n) is 19.2. The molecule has 0 aliphatic carbocycles. The number of nitrogens with one attached hydrogen (secondary N) is 1. The number of sulfonamides is 1. The van der Waals surface area contributed by atoms with Gasteiger partial charge in [-0.1, -0.05) is 18.2 Å². The van der Waals surface area contributed by atoms with E-state index in [1.165, 1.54) is 4.31 Å². The molecule has 0 saturated carbocycles. The predicted octanol–water partition coefficient (Wildman–Crippen LogP) is 1.17. The van der Waals surface area contributed by atoms with E-state index < -0.39 is 10.0 Å². The number of benzene rings is 2. The van der Waals surface area contributed by atoms with Gasteiger partial charge in [0.05, 0.1) is 17.9 Å². The Kier molecular flexibility index (Phi) is 7.50. The largest absolute Gasteiger partial charge is 0.497 e. The van der Waals surface area contributed by atoms with Crippen LogP contribution in [0.4, 0.5) is 5.69 Å². The number of ether oxygens (including phenoxy) is 1. The van der Waals surface area contributed by atoms with Crippen LogP contribution in [0.25, 0.3) is 0 Å². The summed E-state index contributed by atoms with van der Waals surface area (Å²) in [6.45, 7) is 3.49. The second kappa shape index (κ2) is 10.5. The van der Waals surface area contributed by atoms with Crippen LogP contribution in [0.15, 0.2) is 59.5 Å². The molecule has 2 aromatic carbocycles. The summed E-state index contributed by atoms with van der Waals surface area (Å²) in [6.07, 6.45) is 0.188. The number of hydrogen-bond acceptors (Lipinski definition) is 6. The molecule has 0 bridgehead atoms. The number of methoxy groups -OCH3 is 1. The smallest absolute Gasteiger partial charge is 0.243 e. The summed E-state index contributed by atoms with van der Waals surface area (Å²) in [5, 5.41) is 2.94. The van der Waals surface area contributed by atoms with E-state index in [0.717, 1.165) is 5.69 Å². The van der Waals surface area contributed by atoms with Crippen molar-refractivity contribution in [2.45, 2.75) is 11.3 Å². The van der Waals surface area contributed by atoms with Crippen LogP contribution in [-0.2, 0) is 19.6 Å². The van der Waals surface area contributed by atoms with Crippen molar-refractivity contribution in [2.75, 3.05) is 57.8 Å². The fourth-order valence-electron chi connectivity index (χ4n) is 4.31. The summed E-state index contributed by atoms with van der Waals surface area (Å²) >= 11 is 0. The average Bonchev–Trinajstić information content (AvgIpc) is 3.26. The SMILES string of the molecule is COc1ccc(N2CC(C(=O)NCCN3CCN(S(=O)(=O)c4ccccc4)CC3)CC2=O)cc1. The van der Waals surface area contributed by atoms with Gasteiger partial charge in [-0.2, -0.15) is 4.31 Å². The van der Waals surface area contributed by atoms with E-state index in [4.69, 9.17) is 4.74 Å². The van der Waals surface area contributed by atoms with Gasteiger partial charge in [0.15, 0.2) is 0 Å². The minimum Gasteiger partial charge on any atom is -0.497 e. The molecule has 2 saturated heterocycles. The fourth-order valence-corrected chi connectivity index (χ4v) is 5.75. The second-order valence-electron chi connectivity index (χ2n) is 8.45. The molecule has 0 aromatic heterocycles. The van der Waals surface area contributed by atoms with E-state index in [-0.39, 0.29) is 24.2 Å². The van der Waals surface area contributed by atoms with Crippen LogP contribution in [0.2, 0.25) is 0 Å². The highest BCUT2D eigenvalue weighted by Crippen LogP contribution is 2.27. The maximum atomic E-state index is 12.7. The topological polar surface area (TPSA) is 99.3 Å². The molecule has 2 aromatic rings. The third-order valence-electron chi connectivity index (χ3n) is 6.32. The Morgan fingerprint density at radius 3 is 2.35 bits per heavy atom. The van der Waals surface area contributed by atoms with Gasteiger partial charge in [0.25, 0.3) is 0 Å². The van der Waals surface area contributed by atoms with Crippen molar-refractivity contribution in [1.29, 1.82) is 0 Å². The van der Waals surface area contributed by atoms with Crippen LogP contribution in [0, 0.1) is 5.92 Å². The summed E-state index contributed by atoms with van der Waals surface area (Å²) in [7, 11) is -1.89. The van der Waals surface area contributed by atoms with E-state index >= 15 is 0 Å². The minimum absolute atomic E-state index is 0.0685. The van der Waals surface area contributed by atoms with Crippen LogP contribution in [-0.4, -0.2) is 82.4 Å². The maximum Gasteiger partial charge on any atom is 0.243 e. The summed E-state index contributed by atoms with van der Waals surface area (Å²) in [5.74, 6) is 0.126. The highest BCUT2D eigenvalue weighted by atomic mass is 32.2. The van der Waals surface area contributed by atoms with Gasteiger partial charge in [0.2, 0.25) is 21.8 Å². The lowest BCUT2D eigenvalue weighted by atomic mass is 10.1. The third-order valence-corrected chi connectivity index (χ3v) is 8.23. The number of amides is 2. The van der Waals surface area contributed by atoms with Crippen LogP contribution in [0.5, 0.6) is 5.75 Å². The first-order valence-electron chi connectivity index (χ1n) is 11.4. The zero-order chi connectivity index (χ0) is 24.1. The zero-order valence-corrected chi connectivity index (χ0v) is 20.0. The Hall–Kier alpha value is -2.95. The van der Waals surface area contributed by atoms with Crippen LogP contribution < -0.4 is 15.0 Å². The molecular formula is C24H30N4O5S. The van der Waals surface area contributed by atoms with E-state index in [1.54, 1.807) is 54.5 Å². The van der Waals surface area contributed by atoms with Crippen LogP contribution in [0.1, 0.15) is 6.42 Å². The molecule has 1 unspecified atom stereocenters. The number of nitrogens with zero attached hydrogens (tertiary/aromatic N) is 3. The summed E-state index contributed by atoms with van der Waals surface area (Å²) in [6, 6.07) is 15.7. The van der Waals surface area contributed by atoms with Gasteiger partial charge >= 0.3 is 0 Å². The number of carbonyl (C=O) groups excluding carboxylic acids is 2. The van der Waals surface area contributed by atoms with Crippen LogP contribution in [0.3, 0.4) is 0 Å². The van der Waals surface area contributed by atoms with Gasteiger partial charge in [0, 0.05) is 57.9 Å². The second-order valence-corrected chi connectivity index (χ2v) is 10.4. The first-order valence-corrected chi connectivity index (χ1v) is 12.8. The van der Waals surface area contributed by atoms with Crippen LogP contribution >= 0.6 is 0 Å². The highest BCUT2D eigenvalue weighted by Gasteiger charge is 2.35. The number of rotatable bonds is 8. The molecule has 1 N–H and O–H groups in total. The molecule has 0 spiro atoms. The molecule has 34 heavy (non-hydrogen) atoms. The molecule has 0 radical (unpaired) electrons. The molecular weight excluding hydrogens is 456 g/mol. The molecule has 2 heterocycles. The van der Waals surface area contributed by atoms with Crippen molar-refractivity contribution in [1.82, 2.24) is 14.5 Å². The lowest BCUT2D eigenvalue weighted by Crippen LogP contribution is -2.50. The molecule has 2 fully saturated rings. The molecule has 2 aliphatic rings. The van der Waals surface area contributed by atoms with E-state index in [2.05, 4.69) is 10.2 Å². The van der Waals surface area contributed by atoms with Gasteiger partial charge < -0.3 is 15.0 Å². The van der Waals surface area contributed by atoms with Crippen molar-refractivity contribution < 1.29 is 22.7 Å². The monoisotopic (exact) mass is 486 g/mol. The summed E-state index contributed by atoms with van der Waals surface area (Å²) in [4.78, 5) is 29.2. The van der Waals surface area contributed by atoms with Crippen molar-refractivity contribution in [2.24, 2.45) is 5.92 Å². The van der Waals surface area contributed by atoms with Gasteiger partial charge in [-0.25, -0.2) is 8.42 Å². The Labute approximate surface area is 200 Å². The van der Waals surface area contributed by atoms with Gasteiger partial charge in [-0.3, -0.25) is 14.5 Å². The Morgan fingerprint density at radius 2 is 1.71 bits per heavy atom. The standard InChI is InChI=1S/C24H30N4O5S/c1-33-21-9-7-20(8-10-21)28-18-19(17-23(28)29)24(30)25-11-12-26-13-15-27(16-14-26)34(31,32)22-5-3-2-4-6-22/h2-10,19H,11-18H2,1H3,(H,25,30). The van der Waals surface area contributed by atoms with E-state index in [9.17, 15) is 18.0 Å². The third kappa shape index (κ3) is 5.40. The molecule has 10 heteroatoms. The number of anilines is 1. The van der Waals surface area contributed by atoms with Gasteiger partial charge in [-0.15, -0.1) is 0 Å². The van der Waals surface area contributed by atoms with Crippen molar-refractivity contribution in [3.63, 3.8) is 0 Å². The minimum atomic E-state index is -3.47. The first-order chi connectivity index (χ1) is 16.4. The molecule has 1 atom stereocenters. The molecule has 9 nitrogen and oxygen atoms in total. The van der Waals surface area contributed by atoms with Crippen molar-refractivity contribution in [3.05, 3.63) is 54.6 Å². The van der Waals surface area contributed by atoms with E-state index in [1.807, 2.05) is 12.1 Å². The average molecular weight is 487 g/mol. The Bertz CT molecular complexity index is 1100. The normalized spacial score (nSPS) is 19.9.